The van der Waals surface area contributed by atoms with Gasteiger partial charge in [0.25, 0.3) is 0 Å². The average Bonchev–Trinajstić information content (AvgIpc) is 2.47. The highest BCUT2D eigenvalue weighted by atomic mass is 35.5. The minimum Gasteiger partial charge on any atom is -0.347 e. The van der Waals surface area contributed by atoms with E-state index in [2.05, 4.69) is 0 Å². The van der Waals surface area contributed by atoms with E-state index in [-0.39, 0.29) is 5.91 Å². The van der Waals surface area contributed by atoms with Gasteiger partial charge in [0.1, 0.15) is 4.87 Å². The first-order chi connectivity index (χ1) is 4.06. The van der Waals surface area contributed by atoms with Crippen LogP contribution in [0.3, 0.4) is 0 Å². The number of alkyl halides is 1. The SMILES string of the molecule is CN(C)C(=O)C1(Cl)CC1. The minimum atomic E-state index is -0.510. The topological polar surface area (TPSA) is 20.3 Å². The van der Waals surface area contributed by atoms with Gasteiger partial charge >= 0.3 is 0 Å². The Morgan fingerprint density at radius 2 is 2.00 bits per heavy atom. The number of hydrogen-bond acceptors (Lipinski definition) is 1. The standard InChI is InChI=1S/C6H10ClNO/c1-8(2)5(9)6(7)3-4-6/h3-4H2,1-2H3. The predicted octanol–water partition coefficient (Wildman–Crippen LogP) is 0.846. The Bertz CT molecular complexity index is 140. The normalized spacial score (nSPS) is 21.2. The van der Waals surface area contributed by atoms with Gasteiger partial charge in [-0.15, -0.1) is 11.6 Å². The Hall–Kier alpha value is -0.240. The molecule has 9 heavy (non-hydrogen) atoms. The van der Waals surface area contributed by atoms with Crippen molar-refractivity contribution in [3.8, 4) is 0 Å². The highest BCUT2D eigenvalue weighted by molar-refractivity contribution is 6.37. The van der Waals surface area contributed by atoms with Crippen molar-refractivity contribution in [3.05, 3.63) is 0 Å². The Kier molecular flexibility index (Phi) is 1.43. The van der Waals surface area contributed by atoms with E-state index in [1.165, 1.54) is 0 Å². The van der Waals surface area contributed by atoms with Gasteiger partial charge in [0.05, 0.1) is 0 Å². The molecule has 3 heteroatoms. The molecule has 1 fully saturated rings. The molecular formula is C6H10ClNO. The molecule has 2 nitrogen and oxygen atoms in total. The fourth-order valence-electron chi connectivity index (χ4n) is 0.724. The maximum Gasteiger partial charge on any atom is 0.243 e. The first-order valence-corrected chi connectivity index (χ1v) is 3.35. The van der Waals surface area contributed by atoms with Crippen LogP contribution in [0, 0.1) is 0 Å². The lowest BCUT2D eigenvalue weighted by molar-refractivity contribution is -0.129. The molecule has 1 aliphatic rings. The van der Waals surface area contributed by atoms with Crippen LogP contribution in [0.4, 0.5) is 0 Å². The van der Waals surface area contributed by atoms with E-state index in [1.807, 2.05) is 0 Å². The fourth-order valence-corrected chi connectivity index (χ4v) is 0.988. The van der Waals surface area contributed by atoms with Gasteiger partial charge in [0.2, 0.25) is 5.91 Å². The van der Waals surface area contributed by atoms with Crippen molar-refractivity contribution in [2.45, 2.75) is 17.7 Å². The van der Waals surface area contributed by atoms with Crippen LogP contribution in [-0.2, 0) is 4.79 Å². The van der Waals surface area contributed by atoms with Crippen LogP contribution in [0.1, 0.15) is 12.8 Å². The summed E-state index contributed by atoms with van der Waals surface area (Å²) < 4.78 is 0. The molecule has 0 atom stereocenters. The third kappa shape index (κ3) is 1.18. The second-order valence-electron chi connectivity index (χ2n) is 2.66. The summed E-state index contributed by atoms with van der Waals surface area (Å²) in [4.78, 5) is 12.1. The van der Waals surface area contributed by atoms with Crippen LogP contribution in [0.15, 0.2) is 0 Å². The molecule has 0 aromatic heterocycles. The molecule has 0 heterocycles. The molecule has 1 amide bonds. The molecule has 1 aliphatic carbocycles. The summed E-state index contributed by atoms with van der Waals surface area (Å²) in [7, 11) is 3.45. The molecule has 0 spiro atoms. The Morgan fingerprint density at radius 1 is 1.56 bits per heavy atom. The zero-order valence-corrected chi connectivity index (χ0v) is 6.40. The van der Waals surface area contributed by atoms with E-state index in [0.717, 1.165) is 12.8 Å². The van der Waals surface area contributed by atoms with Crippen molar-refractivity contribution < 1.29 is 4.79 Å². The first kappa shape index (κ1) is 6.87. The maximum absolute atomic E-state index is 11.0. The van der Waals surface area contributed by atoms with Crippen molar-refractivity contribution in [2.24, 2.45) is 0 Å². The van der Waals surface area contributed by atoms with Crippen LogP contribution in [0.25, 0.3) is 0 Å². The van der Waals surface area contributed by atoms with Crippen LogP contribution >= 0.6 is 11.6 Å². The van der Waals surface area contributed by atoms with Gasteiger partial charge in [-0.25, -0.2) is 0 Å². The predicted molar refractivity (Wildman–Crippen MR) is 36.5 cm³/mol. The summed E-state index contributed by atoms with van der Waals surface area (Å²) in [6.45, 7) is 0. The molecule has 0 unspecified atom stereocenters. The number of rotatable bonds is 1. The number of halogens is 1. The smallest absolute Gasteiger partial charge is 0.243 e. The summed E-state index contributed by atoms with van der Waals surface area (Å²) in [6, 6.07) is 0. The third-order valence-electron chi connectivity index (χ3n) is 1.48. The summed E-state index contributed by atoms with van der Waals surface area (Å²) in [5, 5.41) is 0. The molecule has 0 aliphatic heterocycles. The molecule has 1 rings (SSSR count). The summed E-state index contributed by atoms with van der Waals surface area (Å²) >= 11 is 5.80. The van der Waals surface area contributed by atoms with E-state index >= 15 is 0 Å². The van der Waals surface area contributed by atoms with Gasteiger partial charge in [-0.2, -0.15) is 0 Å². The van der Waals surface area contributed by atoms with Gasteiger partial charge in [-0.05, 0) is 12.8 Å². The van der Waals surface area contributed by atoms with E-state index in [4.69, 9.17) is 11.6 Å². The molecule has 1 saturated carbocycles. The Morgan fingerprint density at radius 3 is 2.11 bits per heavy atom. The van der Waals surface area contributed by atoms with Crippen LogP contribution in [0.5, 0.6) is 0 Å². The zero-order chi connectivity index (χ0) is 7.07. The number of carbonyl (C=O) groups is 1. The number of carbonyl (C=O) groups excluding carboxylic acids is 1. The van der Waals surface area contributed by atoms with Gasteiger partial charge in [0, 0.05) is 14.1 Å². The largest absolute Gasteiger partial charge is 0.347 e. The van der Waals surface area contributed by atoms with Crippen molar-refractivity contribution in [3.63, 3.8) is 0 Å². The monoisotopic (exact) mass is 147 g/mol. The average molecular weight is 148 g/mol. The second kappa shape index (κ2) is 1.87. The van der Waals surface area contributed by atoms with Crippen molar-refractivity contribution >= 4 is 17.5 Å². The highest BCUT2D eigenvalue weighted by Gasteiger charge is 2.48. The second-order valence-corrected chi connectivity index (χ2v) is 3.39. The number of hydrogen-bond donors (Lipinski definition) is 0. The Labute approximate surface area is 59.8 Å². The molecule has 0 radical (unpaired) electrons. The van der Waals surface area contributed by atoms with Crippen LogP contribution < -0.4 is 0 Å². The lowest BCUT2D eigenvalue weighted by Crippen LogP contribution is -2.31. The van der Waals surface area contributed by atoms with E-state index < -0.39 is 4.87 Å². The van der Waals surface area contributed by atoms with Crippen molar-refractivity contribution in [1.82, 2.24) is 4.90 Å². The quantitative estimate of drug-likeness (QED) is 0.504. The van der Waals surface area contributed by atoms with Gasteiger partial charge < -0.3 is 4.90 Å². The maximum atomic E-state index is 11.0. The van der Waals surface area contributed by atoms with Crippen LogP contribution in [-0.4, -0.2) is 29.8 Å². The highest BCUT2D eigenvalue weighted by Crippen LogP contribution is 2.43. The summed E-state index contributed by atoms with van der Waals surface area (Å²) in [5.74, 6) is 0.0455. The molecule has 0 bridgehead atoms. The number of amides is 1. The van der Waals surface area contributed by atoms with E-state index in [1.54, 1.807) is 19.0 Å². The minimum absolute atomic E-state index is 0.0455. The van der Waals surface area contributed by atoms with Gasteiger partial charge in [-0.3, -0.25) is 4.79 Å². The molecule has 0 N–H and O–H groups in total. The third-order valence-corrected chi connectivity index (χ3v) is 2.02. The fraction of sp³-hybridized carbons (Fsp3) is 0.833. The number of nitrogens with zero attached hydrogens (tertiary/aromatic N) is 1. The van der Waals surface area contributed by atoms with Crippen molar-refractivity contribution in [2.75, 3.05) is 14.1 Å². The van der Waals surface area contributed by atoms with Gasteiger partial charge in [-0.1, -0.05) is 0 Å². The molecule has 0 saturated heterocycles. The lowest BCUT2D eigenvalue weighted by atomic mass is 10.4. The molecule has 0 aromatic rings. The Balaban J connectivity index is 2.53. The molecule has 52 valence electrons. The van der Waals surface area contributed by atoms with Gasteiger partial charge in [0.15, 0.2) is 0 Å². The van der Waals surface area contributed by atoms with Crippen LogP contribution in [0.2, 0.25) is 0 Å². The van der Waals surface area contributed by atoms with E-state index in [9.17, 15) is 4.79 Å². The summed E-state index contributed by atoms with van der Waals surface area (Å²) in [6.07, 6.45) is 1.68. The first-order valence-electron chi connectivity index (χ1n) is 2.97. The zero-order valence-electron chi connectivity index (χ0n) is 5.65. The molecule has 0 aromatic carbocycles. The van der Waals surface area contributed by atoms with Crippen molar-refractivity contribution in [1.29, 1.82) is 0 Å². The molecular weight excluding hydrogens is 138 g/mol. The lowest BCUT2D eigenvalue weighted by Gasteiger charge is -2.12. The van der Waals surface area contributed by atoms with E-state index in [0.29, 0.717) is 0 Å². The summed E-state index contributed by atoms with van der Waals surface area (Å²) in [5.41, 5.74) is 0.